The lowest BCUT2D eigenvalue weighted by atomic mass is 9.98. The normalized spacial score (nSPS) is 18.6. The first-order chi connectivity index (χ1) is 9.67. The summed E-state index contributed by atoms with van der Waals surface area (Å²) in [6.07, 6.45) is 9.96. The highest BCUT2D eigenvalue weighted by atomic mass is 16.5. The molecule has 0 fully saturated rings. The lowest BCUT2D eigenvalue weighted by Crippen LogP contribution is -2.17. The van der Waals surface area contributed by atoms with E-state index in [-0.39, 0.29) is 17.8 Å². The molecule has 2 N–H and O–H groups in total. The van der Waals surface area contributed by atoms with Crippen molar-refractivity contribution in [3.63, 3.8) is 0 Å². The molecule has 0 amide bonds. The molecule has 0 radical (unpaired) electrons. The number of methoxy groups -OCH3 is 1. The van der Waals surface area contributed by atoms with Crippen LogP contribution in [0.15, 0.2) is 41.4 Å². The van der Waals surface area contributed by atoms with E-state index in [9.17, 15) is 9.90 Å². The van der Waals surface area contributed by atoms with E-state index in [1.807, 2.05) is 12.2 Å². The van der Waals surface area contributed by atoms with Crippen LogP contribution in [0.4, 0.5) is 0 Å². The number of rotatable bonds is 6. The molecule has 0 aromatic carbocycles. The Balaban J connectivity index is 2.46. The van der Waals surface area contributed by atoms with Gasteiger partial charge in [-0.1, -0.05) is 19.4 Å². The van der Waals surface area contributed by atoms with Crippen molar-refractivity contribution in [1.82, 2.24) is 0 Å². The third-order valence-electron chi connectivity index (χ3n) is 2.95. The quantitative estimate of drug-likeness (QED) is 0.267. The number of esters is 1. The summed E-state index contributed by atoms with van der Waals surface area (Å²) in [4.78, 5) is 9.54. The van der Waals surface area contributed by atoms with Crippen LogP contribution in [0.5, 0.6) is 0 Å². The number of aliphatic hydroxyl groups is 1. The largest absolute Gasteiger partial charge is 0.518 e. The SMILES string of the molecule is CCC/C=C/COC(=[OH+])C=C=C1CC=C(O)C(OC)C1. The molecule has 0 saturated heterocycles. The predicted octanol–water partition coefficient (Wildman–Crippen LogP) is 3.19. The van der Waals surface area contributed by atoms with Crippen molar-refractivity contribution >= 4 is 5.97 Å². The lowest BCUT2D eigenvalue weighted by molar-refractivity contribution is 0.0893. The third kappa shape index (κ3) is 5.91. The smallest absolute Gasteiger partial charge is 0.510 e. The fourth-order valence-electron chi connectivity index (χ4n) is 1.78. The van der Waals surface area contributed by atoms with Crippen LogP contribution in [-0.4, -0.2) is 35.7 Å². The molecule has 0 saturated carbocycles. The molecule has 1 atom stereocenters. The van der Waals surface area contributed by atoms with Crippen molar-refractivity contribution in [2.24, 2.45) is 0 Å². The monoisotopic (exact) mass is 279 g/mol. The van der Waals surface area contributed by atoms with Gasteiger partial charge >= 0.3 is 5.97 Å². The molecule has 0 heterocycles. The van der Waals surface area contributed by atoms with E-state index in [4.69, 9.17) is 9.47 Å². The van der Waals surface area contributed by atoms with Crippen LogP contribution >= 0.6 is 0 Å². The number of aliphatic hydroxyl groups excluding tert-OH is 1. The topological polar surface area (TPSA) is 60.1 Å². The maximum Gasteiger partial charge on any atom is 0.518 e. The highest BCUT2D eigenvalue weighted by molar-refractivity contribution is 5.82. The molecule has 4 nitrogen and oxygen atoms in total. The van der Waals surface area contributed by atoms with Crippen molar-refractivity contribution in [3.05, 3.63) is 41.4 Å². The molecular weight excluding hydrogens is 256 g/mol. The summed E-state index contributed by atoms with van der Waals surface area (Å²) >= 11 is 0. The van der Waals surface area contributed by atoms with Gasteiger partial charge in [-0.15, -0.1) is 5.73 Å². The van der Waals surface area contributed by atoms with Crippen LogP contribution in [0, 0.1) is 0 Å². The number of carbonyl (C=O) groups excluding carboxylic acids is 1. The zero-order valence-corrected chi connectivity index (χ0v) is 12.1. The van der Waals surface area contributed by atoms with Gasteiger partial charge in [0.05, 0.1) is 0 Å². The average molecular weight is 279 g/mol. The third-order valence-corrected chi connectivity index (χ3v) is 2.95. The first-order valence-corrected chi connectivity index (χ1v) is 6.87. The lowest BCUT2D eigenvalue weighted by Gasteiger charge is -2.19. The summed E-state index contributed by atoms with van der Waals surface area (Å²) in [5.74, 6) is 0.0925. The van der Waals surface area contributed by atoms with Crippen LogP contribution < -0.4 is 0 Å². The summed E-state index contributed by atoms with van der Waals surface area (Å²) in [7, 11) is 1.55. The Kier molecular flexibility index (Phi) is 7.48. The van der Waals surface area contributed by atoms with Gasteiger partial charge in [-0.3, -0.25) is 0 Å². The molecule has 0 aromatic rings. The predicted molar refractivity (Wildman–Crippen MR) is 79.3 cm³/mol. The Morgan fingerprint density at radius 1 is 1.55 bits per heavy atom. The fourth-order valence-corrected chi connectivity index (χ4v) is 1.78. The highest BCUT2D eigenvalue weighted by Gasteiger charge is 2.19. The van der Waals surface area contributed by atoms with Gasteiger partial charge in [0.15, 0.2) is 0 Å². The zero-order valence-electron chi connectivity index (χ0n) is 12.1. The molecule has 0 bridgehead atoms. The summed E-state index contributed by atoms with van der Waals surface area (Å²) in [6.45, 7) is 2.45. The molecule has 4 heteroatoms. The van der Waals surface area contributed by atoms with Crippen molar-refractivity contribution in [1.29, 1.82) is 0 Å². The second-order valence-electron chi connectivity index (χ2n) is 4.56. The van der Waals surface area contributed by atoms with Crippen LogP contribution in [-0.2, 0) is 9.47 Å². The molecule has 20 heavy (non-hydrogen) atoms. The van der Waals surface area contributed by atoms with Gasteiger partial charge < -0.3 is 19.4 Å². The molecule has 0 spiro atoms. The number of unbranched alkanes of at least 4 members (excludes halogenated alkanes) is 1. The van der Waals surface area contributed by atoms with Gasteiger partial charge in [0.25, 0.3) is 0 Å². The van der Waals surface area contributed by atoms with Crippen molar-refractivity contribution in [2.75, 3.05) is 13.7 Å². The maximum atomic E-state index is 9.55. The van der Waals surface area contributed by atoms with E-state index in [0.29, 0.717) is 19.4 Å². The van der Waals surface area contributed by atoms with Crippen molar-refractivity contribution in [3.8, 4) is 0 Å². The van der Waals surface area contributed by atoms with Crippen molar-refractivity contribution < 1.29 is 19.4 Å². The molecule has 110 valence electrons. The first-order valence-electron chi connectivity index (χ1n) is 6.87. The summed E-state index contributed by atoms with van der Waals surface area (Å²) in [5, 5.41) is 9.55. The Morgan fingerprint density at radius 2 is 2.35 bits per heavy atom. The number of allylic oxidation sites excluding steroid dienone is 2. The molecule has 1 rings (SSSR count). The first kappa shape index (κ1) is 16.3. The second kappa shape index (κ2) is 9.18. The van der Waals surface area contributed by atoms with Crippen molar-refractivity contribution in [2.45, 2.75) is 38.7 Å². The highest BCUT2D eigenvalue weighted by Crippen LogP contribution is 2.22. The Hall–Kier alpha value is -1.77. The molecule has 1 aliphatic rings. The summed E-state index contributed by atoms with van der Waals surface area (Å²) in [5.41, 5.74) is 3.93. The maximum absolute atomic E-state index is 9.55. The van der Waals surface area contributed by atoms with Gasteiger partial charge in [0, 0.05) is 13.5 Å². The zero-order chi connectivity index (χ0) is 14.8. The van der Waals surface area contributed by atoms with Crippen LogP contribution in [0.25, 0.3) is 0 Å². The average Bonchev–Trinajstić information content (AvgIpc) is 2.46. The molecule has 1 aliphatic carbocycles. The van der Waals surface area contributed by atoms with Gasteiger partial charge in [0.1, 0.15) is 17.9 Å². The number of hydrogen-bond donors (Lipinski definition) is 1. The Labute approximate surface area is 120 Å². The number of ether oxygens (including phenoxy) is 2. The van der Waals surface area contributed by atoms with E-state index < -0.39 is 0 Å². The van der Waals surface area contributed by atoms with E-state index in [2.05, 4.69) is 12.7 Å². The minimum absolute atomic E-state index is 0.161. The summed E-state index contributed by atoms with van der Waals surface area (Å²) in [6, 6.07) is 0. The minimum atomic E-state index is -0.320. The van der Waals surface area contributed by atoms with Gasteiger partial charge in [0.2, 0.25) is 6.61 Å². The Morgan fingerprint density at radius 3 is 3.05 bits per heavy atom. The number of hydrogen-bond acceptors (Lipinski definition) is 3. The molecule has 1 unspecified atom stereocenters. The molecule has 0 aromatic heterocycles. The fraction of sp³-hybridized carbons (Fsp3) is 0.500. The minimum Gasteiger partial charge on any atom is -0.510 e. The standard InChI is InChI=1S/C16H22O4/c1-3-4-5-6-11-20-16(18)10-8-13-7-9-14(17)15(12-13)19-2/h5-6,9-10,15,17H,3-4,7,11-12H2,1-2H3/p+1/b6-5+. The van der Waals surface area contributed by atoms with E-state index in [1.165, 1.54) is 6.08 Å². The van der Waals surface area contributed by atoms with Gasteiger partial charge in [-0.2, -0.15) is 0 Å². The summed E-state index contributed by atoms with van der Waals surface area (Å²) < 4.78 is 10.3. The van der Waals surface area contributed by atoms with E-state index in [1.54, 1.807) is 13.2 Å². The second-order valence-corrected chi connectivity index (χ2v) is 4.56. The Bertz CT molecular complexity index is 439. The van der Waals surface area contributed by atoms with Gasteiger partial charge in [-0.05, 0) is 30.6 Å². The van der Waals surface area contributed by atoms with E-state index >= 15 is 0 Å². The van der Waals surface area contributed by atoms with E-state index in [0.717, 1.165) is 18.4 Å². The van der Waals surface area contributed by atoms with Crippen LogP contribution in [0.2, 0.25) is 0 Å². The van der Waals surface area contributed by atoms with Crippen LogP contribution in [0.1, 0.15) is 32.6 Å². The molecule has 0 aliphatic heterocycles. The molecular formula is C16H23O4+. The van der Waals surface area contributed by atoms with Gasteiger partial charge in [-0.25, -0.2) is 0 Å². The van der Waals surface area contributed by atoms with Crippen LogP contribution in [0.3, 0.4) is 0 Å².